The van der Waals surface area contributed by atoms with Gasteiger partial charge >= 0.3 is 0 Å². The summed E-state index contributed by atoms with van der Waals surface area (Å²) in [5.74, 6) is 0. The lowest BCUT2D eigenvalue weighted by Gasteiger charge is -2.09. The molecule has 2 rings (SSSR count). The smallest absolute Gasteiger partial charge is 0.231 e. The van der Waals surface area contributed by atoms with Crippen LogP contribution < -0.4 is 0 Å². The standard InChI is InChI=1S/C11H10ClNO2S/c1-9-5-2-3-6-10(9)16(14,15)13-8-4-7-11(13)12/h2-8H,1H3. The van der Waals surface area contributed by atoms with E-state index in [1.54, 1.807) is 37.3 Å². The molecule has 0 aliphatic carbocycles. The summed E-state index contributed by atoms with van der Waals surface area (Å²) in [6, 6.07) is 9.95. The molecule has 0 saturated heterocycles. The molecule has 1 aromatic heterocycles. The molecule has 0 atom stereocenters. The van der Waals surface area contributed by atoms with Crippen molar-refractivity contribution in [1.82, 2.24) is 3.97 Å². The Balaban J connectivity index is 2.66. The van der Waals surface area contributed by atoms with Gasteiger partial charge in [0.05, 0.1) is 4.90 Å². The first kappa shape index (κ1) is 11.2. The zero-order valence-corrected chi connectivity index (χ0v) is 10.2. The zero-order valence-electron chi connectivity index (χ0n) is 8.59. The fourth-order valence-corrected chi connectivity index (χ4v) is 3.35. The number of hydrogen-bond donors (Lipinski definition) is 0. The minimum Gasteiger partial charge on any atom is -0.231 e. The van der Waals surface area contributed by atoms with E-state index in [0.717, 1.165) is 3.97 Å². The molecule has 0 aliphatic rings. The van der Waals surface area contributed by atoms with E-state index < -0.39 is 10.0 Å². The Morgan fingerprint density at radius 1 is 1.12 bits per heavy atom. The largest absolute Gasteiger partial charge is 0.269 e. The van der Waals surface area contributed by atoms with Gasteiger partial charge in [-0.1, -0.05) is 29.8 Å². The molecule has 0 fully saturated rings. The molecule has 0 bridgehead atoms. The van der Waals surface area contributed by atoms with Crippen molar-refractivity contribution < 1.29 is 8.42 Å². The van der Waals surface area contributed by atoms with Gasteiger partial charge in [-0.2, -0.15) is 0 Å². The number of rotatable bonds is 2. The molecule has 1 heterocycles. The van der Waals surface area contributed by atoms with Crippen molar-refractivity contribution in [3.8, 4) is 0 Å². The molecule has 0 radical (unpaired) electrons. The van der Waals surface area contributed by atoms with Crippen LogP contribution >= 0.6 is 11.6 Å². The number of benzene rings is 1. The van der Waals surface area contributed by atoms with Gasteiger partial charge in [0, 0.05) is 6.20 Å². The lowest BCUT2D eigenvalue weighted by molar-refractivity contribution is 0.587. The summed E-state index contributed by atoms with van der Waals surface area (Å²) in [6.07, 6.45) is 1.43. The van der Waals surface area contributed by atoms with Crippen molar-refractivity contribution in [3.05, 3.63) is 53.3 Å². The molecule has 0 unspecified atom stereocenters. The second kappa shape index (κ2) is 3.96. The summed E-state index contributed by atoms with van der Waals surface area (Å²) >= 11 is 5.81. The Hall–Kier alpha value is -1.26. The maximum atomic E-state index is 12.2. The van der Waals surface area contributed by atoms with Crippen LogP contribution in [0.15, 0.2) is 47.5 Å². The first-order valence-electron chi connectivity index (χ1n) is 4.67. The zero-order chi connectivity index (χ0) is 11.8. The van der Waals surface area contributed by atoms with Crippen LogP contribution in [0.1, 0.15) is 5.56 Å². The summed E-state index contributed by atoms with van der Waals surface area (Å²) in [5.41, 5.74) is 0.701. The lowest BCUT2D eigenvalue weighted by atomic mass is 10.2. The Morgan fingerprint density at radius 2 is 1.81 bits per heavy atom. The number of aryl methyl sites for hydroxylation is 1. The summed E-state index contributed by atoms with van der Waals surface area (Å²) in [4.78, 5) is 0.271. The van der Waals surface area contributed by atoms with Crippen molar-refractivity contribution in [2.45, 2.75) is 11.8 Å². The average molecular weight is 256 g/mol. The topological polar surface area (TPSA) is 39.1 Å². The molecular weight excluding hydrogens is 246 g/mol. The van der Waals surface area contributed by atoms with E-state index in [1.807, 2.05) is 0 Å². The molecule has 2 aromatic rings. The minimum absolute atomic E-state index is 0.184. The van der Waals surface area contributed by atoms with Crippen molar-refractivity contribution in [2.24, 2.45) is 0 Å². The van der Waals surface area contributed by atoms with E-state index in [1.165, 1.54) is 12.3 Å². The van der Waals surface area contributed by atoms with Crippen LogP contribution in [0.3, 0.4) is 0 Å². The number of halogens is 1. The van der Waals surface area contributed by atoms with Crippen LogP contribution in [0.4, 0.5) is 0 Å². The Kier molecular flexibility index (Phi) is 2.78. The van der Waals surface area contributed by atoms with Gasteiger partial charge in [-0.3, -0.25) is 0 Å². The first-order chi connectivity index (χ1) is 7.53. The monoisotopic (exact) mass is 255 g/mol. The second-order valence-corrected chi connectivity index (χ2v) is 5.57. The molecule has 16 heavy (non-hydrogen) atoms. The number of nitrogens with zero attached hydrogens (tertiary/aromatic N) is 1. The van der Waals surface area contributed by atoms with Gasteiger partial charge in [-0.25, -0.2) is 12.4 Å². The van der Waals surface area contributed by atoms with Crippen molar-refractivity contribution in [1.29, 1.82) is 0 Å². The van der Waals surface area contributed by atoms with E-state index in [2.05, 4.69) is 0 Å². The quantitative estimate of drug-likeness (QED) is 0.828. The van der Waals surface area contributed by atoms with Crippen LogP contribution in [-0.4, -0.2) is 12.4 Å². The highest BCUT2D eigenvalue weighted by Gasteiger charge is 2.19. The van der Waals surface area contributed by atoms with Gasteiger partial charge in [0.1, 0.15) is 5.15 Å². The van der Waals surface area contributed by atoms with E-state index >= 15 is 0 Å². The molecule has 3 nitrogen and oxygen atoms in total. The Bertz CT molecular complexity index is 616. The number of aromatic nitrogens is 1. The lowest BCUT2D eigenvalue weighted by Crippen LogP contribution is -2.13. The number of hydrogen-bond acceptors (Lipinski definition) is 2. The fourth-order valence-electron chi connectivity index (χ4n) is 1.49. The molecule has 0 N–H and O–H groups in total. The minimum atomic E-state index is -3.57. The van der Waals surface area contributed by atoms with Crippen LogP contribution in [0, 0.1) is 6.92 Å². The van der Waals surface area contributed by atoms with E-state index in [9.17, 15) is 8.42 Å². The maximum absolute atomic E-state index is 12.2. The third kappa shape index (κ3) is 1.74. The van der Waals surface area contributed by atoms with Crippen LogP contribution in [0.2, 0.25) is 5.15 Å². The van der Waals surface area contributed by atoms with E-state index in [4.69, 9.17) is 11.6 Å². The Morgan fingerprint density at radius 3 is 2.38 bits per heavy atom. The molecule has 0 saturated carbocycles. The molecule has 1 aromatic carbocycles. The fraction of sp³-hybridized carbons (Fsp3) is 0.0909. The second-order valence-electron chi connectivity index (χ2n) is 3.40. The van der Waals surface area contributed by atoms with E-state index in [-0.39, 0.29) is 10.0 Å². The van der Waals surface area contributed by atoms with Gasteiger partial charge in [-0.15, -0.1) is 0 Å². The molecule has 0 spiro atoms. The molecule has 0 amide bonds. The molecule has 5 heteroatoms. The highest BCUT2D eigenvalue weighted by atomic mass is 35.5. The predicted octanol–water partition coefficient (Wildman–Crippen LogP) is 2.69. The summed E-state index contributed by atoms with van der Waals surface area (Å²) in [6.45, 7) is 1.75. The van der Waals surface area contributed by atoms with Crippen LogP contribution in [0.5, 0.6) is 0 Å². The normalized spacial score (nSPS) is 11.6. The summed E-state index contributed by atoms with van der Waals surface area (Å²) in [7, 11) is -3.57. The molecular formula is C11H10ClNO2S. The Labute approximate surface area is 99.3 Å². The summed E-state index contributed by atoms with van der Waals surface area (Å²) in [5, 5.41) is 0.184. The third-order valence-corrected chi connectivity index (χ3v) is 4.55. The first-order valence-corrected chi connectivity index (χ1v) is 6.49. The van der Waals surface area contributed by atoms with E-state index in [0.29, 0.717) is 5.56 Å². The highest BCUT2D eigenvalue weighted by Crippen LogP contribution is 2.21. The maximum Gasteiger partial charge on any atom is 0.269 e. The molecule has 0 aliphatic heterocycles. The SMILES string of the molecule is Cc1ccccc1S(=O)(=O)n1cccc1Cl. The molecule has 84 valence electrons. The van der Waals surface area contributed by atoms with Gasteiger partial charge < -0.3 is 0 Å². The average Bonchev–Trinajstić information content (AvgIpc) is 2.65. The van der Waals surface area contributed by atoms with Crippen LogP contribution in [-0.2, 0) is 10.0 Å². The highest BCUT2D eigenvalue weighted by molar-refractivity contribution is 7.90. The predicted molar refractivity (Wildman–Crippen MR) is 63.2 cm³/mol. The van der Waals surface area contributed by atoms with Crippen LogP contribution in [0.25, 0.3) is 0 Å². The van der Waals surface area contributed by atoms with Gasteiger partial charge in [0.15, 0.2) is 0 Å². The van der Waals surface area contributed by atoms with Crippen molar-refractivity contribution >= 4 is 21.6 Å². The summed E-state index contributed by atoms with van der Waals surface area (Å²) < 4.78 is 25.5. The van der Waals surface area contributed by atoms with Crippen molar-refractivity contribution in [2.75, 3.05) is 0 Å². The van der Waals surface area contributed by atoms with Gasteiger partial charge in [0.2, 0.25) is 0 Å². The van der Waals surface area contributed by atoms with Crippen molar-refractivity contribution in [3.63, 3.8) is 0 Å². The van der Waals surface area contributed by atoms with Gasteiger partial charge in [0.25, 0.3) is 10.0 Å². The van der Waals surface area contributed by atoms with Gasteiger partial charge in [-0.05, 0) is 30.7 Å². The third-order valence-electron chi connectivity index (χ3n) is 2.30.